The molecule has 1 aliphatic carbocycles. The lowest BCUT2D eigenvalue weighted by Crippen LogP contribution is -1.98. The largest absolute Gasteiger partial charge is 0.481 e. The summed E-state index contributed by atoms with van der Waals surface area (Å²) in [5, 5.41) is 10.2. The fourth-order valence-electron chi connectivity index (χ4n) is 2.30. The molecule has 2 atom stereocenters. The minimum Gasteiger partial charge on any atom is -0.481 e. The number of thiophene rings is 1. The van der Waals surface area contributed by atoms with Crippen LogP contribution in [0.15, 0.2) is 24.3 Å². The van der Waals surface area contributed by atoms with E-state index in [4.69, 9.17) is 5.11 Å². The number of benzene rings is 1. The maximum atomic E-state index is 10.9. The van der Waals surface area contributed by atoms with Crippen LogP contribution in [-0.4, -0.2) is 11.1 Å². The Kier molecular flexibility index (Phi) is 2.04. The Morgan fingerprint density at radius 1 is 1.44 bits per heavy atom. The first-order valence-corrected chi connectivity index (χ1v) is 6.21. The molecule has 3 heteroatoms. The molecule has 1 fully saturated rings. The first kappa shape index (κ1) is 9.85. The van der Waals surface area contributed by atoms with E-state index >= 15 is 0 Å². The SMILES string of the molecule is Cc1c(C2CC2C(=O)O)sc2ccccc12. The molecule has 0 saturated heterocycles. The number of carboxylic acid groups (broad SMARTS) is 1. The minimum absolute atomic E-state index is 0.147. The maximum absolute atomic E-state index is 10.9. The number of hydrogen-bond donors (Lipinski definition) is 1. The fraction of sp³-hybridized carbons (Fsp3) is 0.308. The van der Waals surface area contributed by atoms with E-state index in [-0.39, 0.29) is 11.8 Å². The third-order valence-electron chi connectivity index (χ3n) is 3.32. The highest BCUT2D eigenvalue weighted by molar-refractivity contribution is 7.19. The van der Waals surface area contributed by atoms with Gasteiger partial charge in [0.1, 0.15) is 0 Å². The lowest BCUT2D eigenvalue weighted by Gasteiger charge is -1.95. The van der Waals surface area contributed by atoms with E-state index in [9.17, 15) is 4.79 Å². The van der Waals surface area contributed by atoms with E-state index in [2.05, 4.69) is 19.1 Å². The van der Waals surface area contributed by atoms with Crippen LogP contribution in [0.4, 0.5) is 0 Å². The fourth-order valence-corrected chi connectivity index (χ4v) is 3.69. The van der Waals surface area contributed by atoms with Crippen molar-refractivity contribution in [3.63, 3.8) is 0 Å². The average Bonchev–Trinajstić information content (AvgIpc) is 3.00. The van der Waals surface area contributed by atoms with Crippen molar-refractivity contribution in [2.24, 2.45) is 5.92 Å². The Morgan fingerprint density at radius 2 is 2.19 bits per heavy atom. The second-order valence-electron chi connectivity index (χ2n) is 4.37. The highest BCUT2D eigenvalue weighted by Gasteiger charge is 2.45. The summed E-state index contributed by atoms with van der Waals surface area (Å²) < 4.78 is 1.27. The average molecular weight is 232 g/mol. The van der Waals surface area contributed by atoms with Crippen molar-refractivity contribution in [3.05, 3.63) is 34.7 Å². The topological polar surface area (TPSA) is 37.3 Å². The van der Waals surface area contributed by atoms with Crippen LogP contribution in [0.2, 0.25) is 0 Å². The van der Waals surface area contributed by atoms with E-state index in [1.54, 1.807) is 11.3 Å². The van der Waals surface area contributed by atoms with Gasteiger partial charge in [0.05, 0.1) is 5.92 Å². The van der Waals surface area contributed by atoms with Gasteiger partial charge in [0.25, 0.3) is 0 Å². The number of fused-ring (bicyclic) bond motifs is 1. The third-order valence-corrected chi connectivity index (χ3v) is 4.73. The van der Waals surface area contributed by atoms with Crippen molar-refractivity contribution in [2.75, 3.05) is 0 Å². The Balaban J connectivity index is 2.06. The molecule has 0 bridgehead atoms. The quantitative estimate of drug-likeness (QED) is 0.861. The number of aryl methyl sites for hydroxylation is 1. The summed E-state index contributed by atoms with van der Waals surface area (Å²) in [5.41, 5.74) is 1.27. The molecule has 0 radical (unpaired) electrons. The normalized spacial score (nSPS) is 23.6. The molecule has 0 amide bonds. The van der Waals surface area contributed by atoms with Gasteiger partial charge in [0.2, 0.25) is 0 Å². The van der Waals surface area contributed by atoms with Crippen LogP contribution in [0.5, 0.6) is 0 Å². The summed E-state index contributed by atoms with van der Waals surface area (Å²) in [4.78, 5) is 12.1. The zero-order chi connectivity index (χ0) is 11.3. The summed E-state index contributed by atoms with van der Waals surface area (Å²) in [6.45, 7) is 2.10. The van der Waals surface area contributed by atoms with Gasteiger partial charge >= 0.3 is 5.97 Å². The van der Waals surface area contributed by atoms with Crippen molar-refractivity contribution in [1.82, 2.24) is 0 Å². The van der Waals surface area contributed by atoms with Crippen molar-refractivity contribution < 1.29 is 9.90 Å². The Hall–Kier alpha value is -1.35. The molecule has 2 aromatic rings. The van der Waals surface area contributed by atoms with Crippen molar-refractivity contribution in [3.8, 4) is 0 Å². The smallest absolute Gasteiger partial charge is 0.307 e. The Morgan fingerprint density at radius 3 is 2.81 bits per heavy atom. The molecule has 1 heterocycles. The molecule has 1 aliphatic rings. The van der Waals surface area contributed by atoms with Crippen molar-refractivity contribution in [2.45, 2.75) is 19.3 Å². The molecule has 3 rings (SSSR count). The molecular weight excluding hydrogens is 220 g/mol. The zero-order valence-corrected chi connectivity index (χ0v) is 9.75. The molecule has 2 unspecified atom stereocenters. The first-order chi connectivity index (χ1) is 7.68. The molecule has 0 spiro atoms. The molecule has 82 valence electrons. The number of aliphatic carboxylic acids is 1. The van der Waals surface area contributed by atoms with Gasteiger partial charge in [-0.1, -0.05) is 18.2 Å². The van der Waals surface area contributed by atoms with Crippen LogP contribution in [0.3, 0.4) is 0 Å². The Bertz CT molecular complexity index is 570. The van der Waals surface area contributed by atoms with Gasteiger partial charge in [0.15, 0.2) is 0 Å². The summed E-state index contributed by atoms with van der Waals surface area (Å²) in [7, 11) is 0. The minimum atomic E-state index is -0.651. The second kappa shape index (κ2) is 3.32. The standard InChI is InChI=1S/C13H12O2S/c1-7-8-4-2-3-5-11(8)16-12(7)9-6-10(9)13(14)15/h2-5,9-10H,6H2,1H3,(H,14,15). The van der Waals surface area contributed by atoms with E-state index in [1.807, 2.05) is 12.1 Å². The predicted molar refractivity (Wildman–Crippen MR) is 65.0 cm³/mol. The first-order valence-electron chi connectivity index (χ1n) is 5.39. The third kappa shape index (κ3) is 1.35. The highest BCUT2D eigenvalue weighted by Crippen LogP contribution is 2.52. The Labute approximate surface area is 97.5 Å². The zero-order valence-electron chi connectivity index (χ0n) is 8.93. The van der Waals surface area contributed by atoms with Crippen molar-refractivity contribution in [1.29, 1.82) is 0 Å². The van der Waals surface area contributed by atoms with Gasteiger partial charge in [-0.3, -0.25) is 4.79 Å². The molecule has 1 N–H and O–H groups in total. The summed E-state index contributed by atoms with van der Waals surface area (Å²) >= 11 is 1.75. The van der Waals surface area contributed by atoms with Gasteiger partial charge in [0, 0.05) is 15.5 Å². The number of rotatable bonds is 2. The number of carboxylic acids is 1. The lowest BCUT2D eigenvalue weighted by atomic mass is 10.1. The molecular formula is C13H12O2S. The molecule has 1 aromatic heterocycles. The van der Waals surface area contributed by atoms with E-state index in [0.717, 1.165) is 6.42 Å². The monoisotopic (exact) mass is 232 g/mol. The van der Waals surface area contributed by atoms with Gasteiger partial charge < -0.3 is 5.11 Å². The summed E-state index contributed by atoms with van der Waals surface area (Å²) in [6, 6.07) is 8.29. The van der Waals surface area contributed by atoms with Crippen LogP contribution in [-0.2, 0) is 4.79 Å². The molecule has 1 aromatic carbocycles. The number of carbonyl (C=O) groups is 1. The van der Waals surface area contributed by atoms with Crippen molar-refractivity contribution >= 4 is 27.4 Å². The lowest BCUT2D eigenvalue weighted by molar-refractivity contribution is -0.138. The van der Waals surface area contributed by atoms with Crippen LogP contribution in [0.25, 0.3) is 10.1 Å². The molecule has 0 aliphatic heterocycles. The molecule has 2 nitrogen and oxygen atoms in total. The molecule has 16 heavy (non-hydrogen) atoms. The summed E-state index contributed by atoms with van der Waals surface area (Å²) in [5.74, 6) is -0.538. The summed E-state index contributed by atoms with van der Waals surface area (Å²) in [6.07, 6.45) is 0.809. The van der Waals surface area contributed by atoms with Gasteiger partial charge in [-0.2, -0.15) is 0 Å². The second-order valence-corrected chi connectivity index (χ2v) is 5.46. The van der Waals surface area contributed by atoms with E-state index in [1.165, 1.54) is 20.5 Å². The van der Waals surface area contributed by atoms with E-state index in [0.29, 0.717) is 0 Å². The predicted octanol–water partition coefficient (Wildman–Crippen LogP) is 3.40. The van der Waals surface area contributed by atoms with Crippen LogP contribution in [0.1, 0.15) is 22.8 Å². The highest BCUT2D eigenvalue weighted by atomic mass is 32.1. The van der Waals surface area contributed by atoms with Crippen LogP contribution in [0, 0.1) is 12.8 Å². The van der Waals surface area contributed by atoms with Gasteiger partial charge in [-0.05, 0) is 30.4 Å². The van der Waals surface area contributed by atoms with Crippen LogP contribution >= 0.6 is 11.3 Å². The molecule has 1 saturated carbocycles. The van der Waals surface area contributed by atoms with Crippen LogP contribution < -0.4 is 0 Å². The van der Waals surface area contributed by atoms with E-state index < -0.39 is 5.97 Å². The van der Waals surface area contributed by atoms with Gasteiger partial charge in [-0.25, -0.2) is 0 Å². The maximum Gasteiger partial charge on any atom is 0.307 e. The van der Waals surface area contributed by atoms with Gasteiger partial charge in [-0.15, -0.1) is 11.3 Å². The number of hydrogen-bond acceptors (Lipinski definition) is 2.